The Morgan fingerprint density at radius 3 is 3.12 bits per heavy atom. The highest BCUT2D eigenvalue weighted by molar-refractivity contribution is 6.03. The summed E-state index contributed by atoms with van der Waals surface area (Å²) < 4.78 is 0. The first-order chi connectivity index (χ1) is 11.6. The summed E-state index contributed by atoms with van der Waals surface area (Å²) in [4.78, 5) is 23.5. The van der Waals surface area contributed by atoms with Crippen molar-refractivity contribution in [2.45, 2.75) is 13.3 Å². The molecule has 1 aromatic carbocycles. The number of nitrogens with one attached hydrogen (secondary N) is 3. The molecule has 0 bridgehead atoms. The molecule has 1 unspecified atom stereocenters. The van der Waals surface area contributed by atoms with Crippen LogP contribution in [-0.2, 0) is 9.59 Å². The average molecular weight is 320 g/mol. The number of benzene rings is 1. The van der Waals surface area contributed by atoms with Crippen LogP contribution in [0.3, 0.4) is 0 Å². The van der Waals surface area contributed by atoms with E-state index in [1.54, 1.807) is 6.20 Å². The zero-order valence-electron chi connectivity index (χ0n) is 13.1. The van der Waals surface area contributed by atoms with Crippen LogP contribution in [0.2, 0.25) is 0 Å². The zero-order valence-corrected chi connectivity index (χ0v) is 13.1. The van der Waals surface area contributed by atoms with Crippen LogP contribution in [0, 0.1) is 5.92 Å². The second kappa shape index (κ2) is 5.49. The number of carbonyl (C=O) groups excluding carboxylic acids is 2. The minimum absolute atomic E-state index is 0.00931. The van der Waals surface area contributed by atoms with E-state index >= 15 is 0 Å². The Bertz CT molecular complexity index is 949. The second-order valence-electron chi connectivity index (χ2n) is 6.00. The van der Waals surface area contributed by atoms with Crippen LogP contribution in [0.15, 0.2) is 53.5 Å². The number of amides is 2. The quantitative estimate of drug-likeness (QED) is 0.740. The number of H-pyrrole nitrogens is 1. The maximum absolute atomic E-state index is 12.3. The maximum Gasteiger partial charge on any atom is 0.252 e. The fourth-order valence-corrected chi connectivity index (χ4v) is 3.17. The van der Waals surface area contributed by atoms with Crippen LogP contribution in [0.1, 0.15) is 18.9 Å². The summed E-state index contributed by atoms with van der Waals surface area (Å²) in [5.41, 5.74) is 4.24. The van der Waals surface area contributed by atoms with Gasteiger partial charge in [-0.1, -0.05) is 12.1 Å². The molecular weight excluding hydrogens is 304 g/mol. The Morgan fingerprint density at radius 2 is 2.29 bits per heavy atom. The molecule has 0 saturated carbocycles. The lowest BCUT2D eigenvalue weighted by Gasteiger charge is -2.16. The molecule has 24 heavy (non-hydrogen) atoms. The topological polar surface area (TPSA) is 86.9 Å². The van der Waals surface area contributed by atoms with Crippen molar-refractivity contribution in [2.75, 3.05) is 0 Å². The van der Waals surface area contributed by atoms with Gasteiger partial charge in [0.15, 0.2) is 0 Å². The van der Waals surface area contributed by atoms with E-state index in [9.17, 15) is 9.59 Å². The predicted molar refractivity (Wildman–Crippen MR) is 90.3 cm³/mol. The Labute approximate surface area is 138 Å². The highest BCUT2D eigenvalue weighted by Gasteiger charge is 2.34. The number of aromatic amines is 1. The lowest BCUT2D eigenvalue weighted by atomic mass is 9.90. The molecule has 1 aliphatic carbocycles. The van der Waals surface area contributed by atoms with Crippen molar-refractivity contribution in [2.24, 2.45) is 5.92 Å². The summed E-state index contributed by atoms with van der Waals surface area (Å²) >= 11 is 0. The fraction of sp³-hybridized carbons (Fsp3) is 0.167. The monoisotopic (exact) mass is 320 g/mol. The molecule has 1 aromatic heterocycles. The van der Waals surface area contributed by atoms with E-state index < -0.39 is 0 Å². The van der Waals surface area contributed by atoms with Crippen molar-refractivity contribution in [3.8, 4) is 0 Å². The SMILES string of the molecule is CC(=O)NC1=CCC2C(=C1)NC(=O)/C2=C/c1ccc2[nH]ncc2c1. The van der Waals surface area contributed by atoms with Crippen molar-refractivity contribution < 1.29 is 9.59 Å². The lowest BCUT2D eigenvalue weighted by Crippen LogP contribution is -2.22. The van der Waals surface area contributed by atoms with Gasteiger partial charge in [-0.15, -0.1) is 0 Å². The largest absolute Gasteiger partial charge is 0.327 e. The molecule has 2 aliphatic rings. The molecule has 120 valence electrons. The van der Waals surface area contributed by atoms with Gasteiger partial charge in [-0.05, 0) is 36.3 Å². The molecule has 4 rings (SSSR count). The summed E-state index contributed by atoms with van der Waals surface area (Å²) in [6, 6.07) is 5.92. The molecule has 6 heteroatoms. The van der Waals surface area contributed by atoms with Crippen molar-refractivity contribution in [1.82, 2.24) is 20.8 Å². The summed E-state index contributed by atoms with van der Waals surface area (Å²) in [7, 11) is 0. The molecule has 0 radical (unpaired) electrons. The van der Waals surface area contributed by atoms with Gasteiger partial charge >= 0.3 is 0 Å². The second-order valence-corrected chi connectivity index (χ2v) is 6.00. The molecule has 1 saturated heterocycles. The highest BCUT2D eigenvalue weighted by Crippen LogP contribution is 2.34. The van der Waals surface area contributed by atoms with E-state index in [2.05, 4.69) is 20.8 Å². The Kier molecular flexibility index (Phi) is 3.30. The minimum atomic E-state index is -0.120. The molecule has 1 fully saturated rings. The number of allylic oxidation sites excluding steroid dienone is 3. The number of rotatable bonds is 2. The average Bonchev–Trinajstić information content (AvgIpc) is 3.11. The van der Waals surface area contributed by atoms with Crippen molar-refractivity contribution in [1.29, 1.82) is 0 Å². The number of hydrogen-bond acceptors (Lipinski definition) is 3. The summed E-state index contributed by atoms with van der Waals surface area (Å²) in [5, 5.41) is 13.6. The minimum Gasteiger partial charge on any atom is -0.327 e. The van der Waals surface area contributed by atoms with E-state index in [4.69, 9.17) is 0 Å². The predicted octanol–water partition coefficient (Wildman–Crippen LogP) is 2.00. The molecule has 1 atom stereocenters. The van der Waals surface area contributed by atoms with E-state index in [1.165, 1.54) is 6.92 Å². The Hall–Kier alpha value is -3.15. The third kappa shape index (κ3) is 2.52. The smallest absolute Gasteiger partial charge is 0.252 e. The summed E-state index contributed by atoms with van der Waals surface area (Å²) in [6.07, 6.45) is 8.14. The molecular formula is C18H16N4O2. The Balaban J connectivity index is 1.65. The molecule has 2 heterocycles. The third-order valence-corrected chi connectivity index (χ3v) is 4.26. The van der Waals surface area contributed by atoms with Gasteiger partial charge in [0, 0.05) is 35.2 Å². The van der Waals surface area contributed by atoms with Gasteiger partial charge in [0.2, 0.25) is 5.91 Å². The number of carbonyl (C=O) groups is 2. The van der Waals surface area contributed by atoms with Crippen LogP contribution < -0.4 is 10.6 Å². The molecule has 2 amide bonds. The van der Waals surface area contributed by atoms with Crippen molar-refractivity contribution >= 4 is 28.8 Å². The van der Waals surface area contributed by atoms with Crippen LogP contribution in [-0.4, -0.2) is 22.0 Å². The van der Waals surface area contributed by atoms with Gasteiger partial charge in [-0.25, -0.2) is 0 Å². The number of fused-ring (bicyclic) bond motifs is 2. The van der Waals surface area contributed by atoms with Crippen molar-refractivity contribution in [3.63, 3.8) is 0 Å². The first-order valence-corrected chi connectivity index (χ1v) is 7.75. The molecule has 2 aromatic rings. The first-order valence-electron chi connectivity index (χ1n) is 7.75. The molecule has 3 N–H and O–H groups in total. The van der Waals surface area contributed by atoms with Gasteiger partial charge in [-0.2, -0.15) is 5.10 Å². The van der Waals surface area contributed by atoms with E-state index in [1.807, 2.05) is 36.4 Å². The van der Waals surface area contributed by atoms with E-state index in [0.717, 1.165) is 33.4 Å². The maximum atomic E-state index is 12.3. The van der Waals surface area contributed by atoms with Gasteiger partial charge < -0.3 is 10.6 Å². The van der Waals surface area contributed by atoms with Crippen LogP contribution >= 0.6 is 0 Å². The number of hydrogen-bond donors (Lipinski definition) is 3. The van der Waals surface area contributed by atoms with Crippen molar-refractivity contribution in [3.05, 3.63) is 59.1 Å². The summed E-state index contributed by atoms with van der Waals surface area (Å²) in [5.74, 6) is -0.198. The van der Waals surface area contributed by atoms with Crippen LogP contribution in [0.5, 0.6) is 0 Å². The van der Waals surface area contributed by atoms with Gasteiger partial charge in [0.25, 0.3) is 5.91 Å². The van der Waals surface area contributed by atoms with E-state index in [-0.39, 0.29) is 17.7 Å². The first kappa shape index (κ1) is 14.4. The van der Waals surface area contributed by atoms with Gasteiger partial charge in [0.05, 0.1) is 11.7 Å². The van der Waals surface area contributed by atoms with Crippen LogP contribution in [0.4, 0.5) is 0 Å². The standard InChI is InChI=1S/C18H16N4O2/c1-10(23)20-13-3-4-14-15(18(24)21-17(14)8-13)7-11-2-5-16-12(6-11)9-19-22-16/h2-3,5-9,14H,4H2,1H3,(H,19,22)(H,20,23)(H,21,24)/b15-7+. The molecule has 6 nitrogen and oxygen atoms in total. The van der Waals surface area contributed by atoms with Crippen LogP contribution in [0.25, 0.3) is 17.0 Å². The summed E-state index contributed by atoms with van der Waals surface area (Å²) in [6.45, 7) is 1.47. The lowest BCUT2D eigenvalue weighted by molar-refractivity contribution is -0.118. The fourth-order valence-electron chi connectivity index (χ4n) is 3.17. The van der Waals surface area contributed by atoms with E-state index in [0.29, 0.717) is 6.42 Å². The van der Waals surface area contributed by atoms with Gasteiger partial charge in [0.1, 0.15) is 0 Å². The number of aromatic nitrogens is 2. The molecule has 0 spiro atoms. The Morgan fingerprint density at radius 1 is 1.42 bits per heavy atom. The number of nitrogens with zero attached hydrogens (tertiary/aromatic N) is 1. The van der Waals surface area contributed by atoms with Gasteiger partial charge in [-0.3, -0.25) is 14.7 Å². The highest BCUT2D eigenvalue weighted by atomic mass is 16.2. The normalized spacial score (nSPS) is 21.3. The third-order valence-electron chi connectivity index (χ3n) is 4.26. The zero-order chi connectivity index (χ0) is 16.7. The molecule has 1 aliphatic heterocycles.